The van der Waals surface area contributed by atoms with Gasteiger partial charge in [-0.05, 0) is 37.1 Å². The van der Waals surface area contributed by atoms with Gasteiger partial charge in [0.15, 0.2) is 12.4 Å². The van der Waals surface area contributed by atoms with Crippen LogP contribution in [0.15, 0.2) is 53.0 Å². The van der Waals surface area contributed by atoms with E-state index in [4.69, 9.17) is 4.74 Å². The van der Waals surface area contributed by atoms with Crippen LogP contribution in [0.4, 0.5) is 0 Å². The molecule has 0 aliphatic heterocycles. The number of carbonyl (C=O) groups excluding carboxylic acids is 2. The first-order valence-corrected chi connectivity index (χ1v) is 9.08. The molecule has 5 heteroatoms. The standard InChI is InChI=1S/C20H22BrNO3/c1-3-15(16-7-5-4-6-8-16)12-22-20(24)14(2)25-19-10-9-18(21)11-17(19)13-23/h4-11,13-15H,3,12H2,1-2H3,(H,22,24)/t14-,15-/m0/s1. The molecule has 0 radical (unpaired) electrons. The molecular formula is C20H22BrNO3. The van der Waals surface area contributed by atoms with Crippen LogP contribution in [-0.2, 0) is 4.79 Å². The van der Waals surface area contributed by atoms with Crippen molar-refractivity contribution in [2.45, 2.75) is 32.3 Å². The smallest absolute Gasteiger partial charge is 0.260 e. The molecule has 4 nitrogen and oxygen atoms in total. The van der Waals surface area contributed by atoms with Crippen molar-refractivity contribution in [2.24, 2.45) is 0 Å². The SMILES string of the molecule is CC[C@@H](CNC(=O)[C@H](C)Oc1ccc(Br)cc1C=O)c1ccccc1. The Balaban J connectivity index is 1.95. The Morgan fingerprint density at radius 3 is 2.60 bits per heavy atom. The molecule has 0 heterocycles. The van der Waals surface area contributed by atoms with E-state index in [-0.39, 0.29) is 11.8 Å². The van der Waals surface area contributed by atoms with Crippen LogP contribution in [-0.4, -0.2) is 24.8 Å². The third-order valence-corrected chi connectivity index (χ3v) is 4.55. The highest BCUT2D eigenvalue weighted by atomic mass is 79.9. The van der Waals surface area contributed by atoms with E-state index in [1.54, 1.807) is 25.1 Å². The summed E-state index contributed by atoms with van der Waals surface area (Å²) in [5.74, 6) is 0.459. The summed E-state index contributed by atoms with van der Waals surface area (Å²) in [6, 6.07) is 15.2. The van der Waals surface area contributed by atoms with E-state index in [1.165, 1.54) is 5.56 Å². The lowest BCUT2D eigenvalue weighted by molar-refractivity contribution is -0.127. The van der Waals surface area contributed by atoms with Crippen LogP contribution >= 0.6 is 15.9 Å². The maximum absolute atomic E-state index is 12.3. The van der Waals surface area contributed by atoms with E-state index >= 15 is 0 Å². The first kappa shape index (κ1) is 19.2. The predicted octanol–water partition coefficient (Wildman–Crippen LogP) is 4.34. The Kier molecular flexibility index (Phi) is 7.19. The monoisotopic (exact) mass is 403 g/mol. The number of nitrogens with one attached hydrogen (secondary N) is 1. The van der Waals surface area contributed by atoms with Gasteiger partial charge in [-0.1, -0.05) is 53.2 Å². The summed E-state index contributed by atoms with van der Waals surface area (Å²) in [4.78, 5) is 23.5. The largest absolute Gasteiger partial charge is 0.480 e. The molecule has 0 saturated carbocycles. The number of amides is 1. The Morgan fingerprint density at radius 2 is 1.96 bits per heavy atom. The van der Waals surface area contributed by atoms with Gasteiger partial charge >= 0.3 is 0 Å². The Bertz CT molecular complexity index is 718. The molecule has 0 unspecified atom stereocenters. The molecule has 0 aliphatic carbocycles. The fraction of sp³-hybridized carbons (Fsp3) is 0.300. The lowest BCUT2D eigenvalue weighted by Gasteiger charge is -2.19. The van der Waals surface area contributed by atoms with E-state index in [0.717, 1.165) is 10.9 Å². The first-order chi connectivity index (χ1) is 12.0. The molecule has 132 valence electrons. The van der Waals surface area contributed by atoms with Gasteiger partial charge in [0.05, 0.1) is 5.56 Å². The number of carbonyl (C=O) groups is 2. The maximum Gasteiger partial charge on any atom is 0.260 e. The Morgan fingerprint density at radius 1 is 1.24 bits per heavy atom. The summed E-state index contributed by atoms with van der Waals surface area (Å²) in [7, 11) is 0. The van der Waals surface area contributed by atoms with Gasteiger partial charge in [-0.3, -0.25) is 9.59 Å². The summed E-state index contributed by atoms with van der Waals surface area (Å²) in [5, 5.41) is 2.94. The maximum atomic E-state index is 12.3. The number of ether oxygens (including phenoxy) is 1. The molecule has 0 bridgehead atoms. The van der Waals surface area contributed by atoms with E-state index in [0.29, 0.717) is 24.1 Å². The molecule has 0 spiro atoms. The van der Waals surface area contributed by atoms with Crippen molar-refractivity contribution < 1.29 is 14.3 Å². The van der Waals surface area contributed by atoms with E-state index in [1.807, 2.05) is 18.2 Å². The molecule has 2 aromatic rings. The molecule has 0 aliphatic rings. The van der Waals surface area contributed by atoms with Crippen molar-refractivity contribution in [3.63, 3.8) is 0 Å². The molecule has 2 aromatic carbocycles. The molecule has 1 N–H and O–H groups in total. The van der Waals surface area contributed by atoms with E-state index in [2.05, 4.69) is 40.3 Å². The van der Waals surface area contributed by atoms with Crippen molar-refractivity contribution in [1.29, 1.82) is 0 Å². The van der Waals surface area contributed by atoms with Crippen LogP contribution < -0.4 is 10.1 Å². The number of halogens is 1. The van der Waals surface area contributed by atoms with Crippen LogP contribution in [0.5, 0.6) is 5.75 Å². The van der Waals surface area contributed by atoms with Crippen molar-refractivity contribution in [3.8, 4) is 5.75 Å². The number of hydrogen-bond acceptors (Lipinski definition) is 3. The summed E-state index contributed by atoms with van der Waals surface area (Å²) < 4.78 is 6.45. The van der Waals surface area contributed by atoms with Crippen LogP contribution in [0.1, 0.15) is 42.1 Å². The molecule has 0 fully saturated rings. The third-order valence-electron chi connectivity index (χ3n) is 4.06. The molecule has 25 heavy (non-hydrogen) atoms. The highest BCUT2D eigenvalue weighted by Crippen LogP contribution is 2.23. The zero-order valence-electron chi connectivity index (χ0n) is 14.4. The molecular weight excluding hydrogens is 382 g/mol. The zero-order chi connectivity index (χ0) is 18.2. The highest BCUT2D eigenvalue weighted by Gasteiger charge is 2.18. The average molecular weight is 404 g/mol. The average Bonchev–Trinajstić information content (AvgIpc) is 2.64. The van der Waals surface area contributed by atoms with Gasteiger partial charge in [0.25, 0.3) is 5.91 Å². The van der Waals surface area contributed by atoms with Crippen LogP contribution in [0.3, 0.4) is 0 Å². The van der Waals surface area contributed by atoms with Gasteiger partial charge in [0.1, 0.15) is 5.75 Å². The fourth-order valence-electron chi connectivity index (χ4n) is 2.55. The minimum atomic E-state index is -0.687. The van der Waals surface area contributed by atoms with Crippen LogP contribution in [0, 0.1) is 0 Å². The zero-order valence-corrected chi connectivity index (χ0v) is 16.0. The highest BCUT2D eigenvalue weighted by molar-refractivity contribution is 9.10. The number of rotatable bonds is 8. The van der Waals surface area contributed by atoms with Gasteiger partial charge in [0.2, 0.25) is 0 Å². The lowest BCUT2D eigenvalue weighted by atomic mass is 9.96. The third kappa shape index (κ3) is 5.43. The lowest BCUT2D eigenvalue weighted by Crippen LogP contribution is -2.38. The Hall–Kier alpha value is -2.14. The second kappa shape index (κ2) is 9.37. The number of benzene rings is 2. The van der Waals surface area contributed by atoms with Crippen LogP contribution in [0.2, 0.25) is 0 Å². The molecule has 1 amide bonds. The van der Waals surface area contributed by atoms with Crippen LogP contribution in [0.25, 0.3) is 0 Å². The quantitative estimate of drug-likeness (QED) is 0.666. The van der Waals surface area contributed by atoms with Gasteiger partial charge < -0.3 is 10.1 Å². The summed E-state index contributed by atoms with van der Waals surface area (Å²) >= 11 is 3.31. The molecule has 2 rings (SSSR count). The number of hydrogen-bond donors (Lipinski definition) is 1. The number of aldehydes is 1. The molecule has 0 aromatic heterocycles. The minimum Gasteiger partial charge on any atom is -0.480 e. The van der Waals surface area contributed by atoms with Crippen molar-refractivity contribution >= 4 is 28.1 Å². The van der Waals surface area contributed by atoms with Gasteiger partial charge in [-0.15, -0.1) is 0 Å². The molecule has 2 atom stereocenters. The summed E-state index contributed by atoms with van der Waals surface area (Å²) in [6.07, 6.45) is 0.961. The van der Waals surface area contributed by atoms with Gasteiger partial charge in [-0.2, -0.15) is 0 Å². The van der Waals surface area contributed by atoms with Crippen molar-refractivity contribution in [3.05, 3.63) is 64.1 Å². The van der Waals surface area contributed by atoms with Gasteiger partial charge in [-0.25, -0.2) is 0 Å². The van der Waals surface area contributed by atoms with Crippen molar-refractivity contribution in [1.82, 2.24) is 5.32 Å². The van der Waals surface area contributed by atoms with Gasteiger partial charge in [0, 0.05) is 16.9 Å². The van der Waals surface area contributed by atoms with Crippen molar-refractivity contribution in [2.75, 3.05) is 6.54 Å². The van der Waals surface area contributed by atoms with E-state index in [9.17, 15) is 9.59 Å². The fourth-order valence-corrected chi connectivity index (χ4v) is 2.93. The normalized spacial score (nSPS) is 12.9. The topological polar surface area (TPSA) is 55.4 Å². The minimum absolute atomic E-state index is 0.200. The second-order valence-electron chi connectivity index (χ2n) is 5.82. The second-order valence-corrected chi connectivity index (χ2v) is 6.74. The predicted molar refractivity (Wildman–Crippen MR) is 102 cm³/mol. The molecule has 0 saturated heterocycles. The Labute approximate surface area is 156 Å². The first-order valence-electron chi connectivity index (χ1n) is 8.29. The summed E-state index contributed by atoms with van der Waals surface area (Å²) in [5.41, 5.74) is 1.61. The summed E-state index contributed by atoms with van der Waals surface area (Å²) in [6.45, 7) is 4.32. The van der Waals surface area contributed by atoms with E-state index < -0.39 is 6.10 Å².